The van der Waals surface area contributed by atoms with Crippen molar-refractivity contribution < 1.29 is 14.6 Å². The molecule has 1 N–H and O–H groups in total. The molecule has 1 aromatic rings. The van der Waals surface area contributed by atoms with E-state index in [1.54, 1.807) is 0 Å². The molecule has 1 aliphatic heterocycles. The third-order valence-electron chi connectivity index (χ3n) is 3.86. The van der Waals surface area contributed by atoms with Crippen LogP contribution in [0.5, 0.6) is 0 Å². The van der Waals surface area contributed by atoms with Gasteiger partial charge in [-0.3, -0.25) is 0 Å². The van der Waals surface area contributed by atoms with E-state index in [1.807, 2.05) is 6.07 Å². The third-order valence-corrected chi connectivity index (χ3v) is 3.86. The quantitative estimate of drug-likeness (QED) is 0.811. The van der Waals surface area contributed by atoms with Crippen LogP contribution in [-0.4, -0.2) is 23.8 Å². The average molecular weight is 234 g/mol. The third kappa shape index (κ3) is 2.23. The Balaban J connectivity index is 1.65. The maximum absolute atomic E-state index is 9.38. The number of benzene rings is 1. The first-order chi connectivity index (χ1) is 8.27. The van der Waals surface area contributed by atoms with E-state index in [0.717, 1.165) is 25.7 Å². The molecule has 3 rings (SSSR count). The van der Waals surface area contributed by atoms with Gasteiger partial charge in [0.05, 0.1) is 0 Å². The van der Waals surface area contributed by atoms with Crippen molar-refractivity contribution in [2.75, 3.05) is 6.61 Å². The van der Waals surface area contributed by atoms with Crippen LogP contribution in [-0.2, 0) is 9.47 Å². The van der Waals surface area contributed by atoms with Gasteiger partial charge in [0.15, 0.2) is 12.1 Å². The second-order valence-electron chi connectivity index (χ2n) is 4.98. The zero-order valence-corrected chi connectivity index (χ0v) is 9.84. The van der Waals surface area contributed by atoms with Crippen molar-refractivity contribution in [1.29, 1.82) is 0 Å². The number of aliphatic hydroxyl groups excluding tert-OH is 1. The average Bonchev–Trinajstić information content (AvgIpc) is 2.73. The van der Waals surface area contributed by atoms with E-state index < -0.39 is 12.1 Å². The van der Waals surface area contributed by atoms with Gasteiger partial charge in [0.25, 0.3) is 0 Å². The van der Waals surface area contributed by atoms with Crippen LogP contribution in [0.25, 0.3) is 0 Å². The number of ether oxygens (including phenoxy) is 2. The molecular formula is C14H18O3. The van der Waals surface area contributed by atoms with Crippen molar-refractivity contribution in [3.8, 4) is 0 Å². The van der Waals surface area contributed by atoms with E-state index in [1.165, 1.54) is 5.56 Å². The zero-order valence-electron chi connectivity index (χ0n) is 9.84. The fraction of sp³-hybridized carbons (Fsp3) is 0.571. The largest absolute Gasteiger partial charge is 0.366 e. The first kappa shape index (κ1) is 11.2. The Labute approximate surface area is 101 Å². The van der Waals surface area contributed by atoms with Crippen LogP contribution < -0.4 is 0 Å². The van der Waals surface area contributed by atoms with Gasteiger partial charge in [-0.05, 0) is 24.3 Å². The van der Waals surface area contributed by atoms with Crippen LogP contribution in [0.2, 0.25) is 0 Å². The monoisotopic (exact) mass is 234 g/mol. The molecule has 1 heterocycles. The summed E-state index contributed by atoms with van der Waals surface area (Å²) in [6.45, 7) is 0.315. The summed E-state index contributed by atoms with van der Waals surface area (Å²) in [5.41, 5.74) is 1.40. The Hall–Kier alpha value is -0.900. The Morgan fingerprint density at radius 3 is 2.41 bits per heavy atom. The van der Waals surface area contributed by atoms with Gasteiger partial charge < -0.3 is 14.6 Å². The molecule has 2 fully saturated rings. The summed E-state index contributed by atoms with van der Waals surface area (Å²) in [4.78, 5) is 0. The minimum Gasteiger partial charge on any atom is -0.366 e. The Bertz CT molecular complexity index is 368. The number of hydrogen-bond acceptors (Lipinski definition) is 3. The molecule has 3 heteroatoms. The van der Waals surface area contributed by atoms with Gasteiger partial charge in [0.1, 0.15) is 6.61 Å². The van der Waals surface area contributed by atoms with Gasteiger partial charge in [0, 0.05) is 12.8 Å². The van der Waals surface area contributed by atoms with E-state index in [-0.39, 0.29) is 0 Å². The van der Waals surface area contributed by atoms with Crippen LogP contribution in [0.4, 0.5) is 0 Å². The molecule has 17 heavy (non-hydrogen) atoms. The van der Waals surface area contributed by atoms with Crippen molar-refractivity contribution in [1.82, 2.24) is 0 Å². The Morgan fingerprint density at radius 1 is 1.12 bits per heavy atom. The first-order valence-electron chi connectivity index (χ1n) is 6.32. The maximum atomic E-state index is 9.38. The number of hydrogen-bond donors (Lipinski definition) is 1. The lowest BCUT2D eigenvalue weighted by Crippen LogP contribution is -2.35. The summed E-state index contributed by atoms with van der Waals surface area (Å²) in [5.74, 6) is 0.108. The highest BCUT2D eigenvalue weighted by Gasteiger charge is 2.43. The Morgan fingerprint density at radius 2 is 1.82 bits per heavy atom. The molecule has 1 saturated carbocycles. The number of aliphatic hydroxyl groups is 1. The topological polar surface area (TPSA) is 38.7 Å². The SMILES string of the molecule is OC1COC2(CCC(c3ccccc3)CC2)O1. The standard InChI is InChI=1S/C14H18O3/c15-13-10-16-14(17-13)8-6-12(7-9-14)11-4-2-1-3-5-11/h1-5,12-13,15H,6-10H2. The van der Waals surface area contributed by atoms with E-state index in [9.17, 15) is 5.11 Å². The highest BCUT2D eigenvalue weighted by molar-refractivity contribution is 5.20. The second-order valence-corrected chi connectivity index (χ2v) is 4.98. The molecule has 0 radical (unpaired) electrons. The summed E-state index contributed by atoms with van der Waals surface area (Å²) >= 11 is 0. The van der Waals surface area contributed by atoms with Gasteiger partial charge in [-0.1, -0.05) is 30.3 Å². The van der Waals surface area contributed by atoms with E-state index >= 15 is 0 Å². The lowest BCUT2D eigenvalue weighted by atomic mass is 9.81. The predicted octanol–water partition coefficient (Wildman–Crippen LogP) is 2.41. The lowest BCUT2D eigenvalue weighted by molar-refractivity contribution is -0.214. The van der Waals surface area contributed by atoms with Crippen molar-refractivity contribution in [3.05, 3.63) is 35.9 Å². The van der Waals surface area contributed by atoms with Gasteiger partial charge >= 0.3 is 0 Å². The highest BCUT2D eigenvalue weighted by atomic mass is 16.8. The van der Waals surface area contributed by atoms with Crippen molar-refractivity contribution in [3.63, 3.8) is 0 Å². The molecule has 92 valence electrons. The van der Waals surface area contributed by atoms with Crippen LogP contribution in [0.15, 0.2) is 30.3 Å². The van der Waals surface area contributed by atoms with Gasteiger partial charge in [-0.25, -0.2) is 0 Å². The Kier molecular flexibility index (Phi) is 2.90. The summed E-state index contributed by atoms with van der Waals surface area (Å²) in [6, 6.07) is 10.6. The molecule has 0 aromatic heterocycles. The minimum atomic E-state index is -0.733. The minimum absolute atomic E-state index is 0.315. The van der Waals surface area contributed by atoms with Crippen LogP contribution in [0.1, 0.15) is 37.2 Å². The molecule has 0 bridgehead atoms. The van der Waals surface area contributed by atoms with Crippen molar-refractivity contribution in [2.24, 2.45) is 0 Å². The zero-order chi connectivity index (χ0) is 11.7. The molecule has 1 saturated heterocycles. The summed E-state index contributed by atoms with van der Waals surface area (Å²) in [7, 11) is 0. The summed E-state index contributed by atoms with van der Waals surface area (Å²) in [5, 5.41) is 9.38. The molecule has 0 amide bonds. The van der Waals surface area contributed by atoms with E-state index in [2.05, 4.69) is 24.3 Å². The maximum Gasteiger partial charge on any atom is 0.181 e. The molecule has 1 spiro atoms. The predicted molar refractivity (Wildman–Crippen MR) is 63.4 cm³/mol. The van der Waals surface area contributed by atoms with E-state index in [4.69, 9.17) is 9.47 Å². The van der Waals surface area contributed by atoms with Crippen LogP contribution in [0, 0.1) is 0 Å². The number of rotatable bonds is 1. The fourth-order valence-electron chi connectivity index (χ4n) is 2.92. The van der Waals surface area contributed by atoms with Gasteiger partial charge in [0.2, 0.25) is 0 Å². The normalized spacial score (nSPS) is 37.5. The summed E-state index contributed by atoms with van der Waals surface area (Å²) < 4.78 is 11.1. The molecule has 1 unspecified atom stereocenters. The molecular weight excluding hydrogens is 216 g/mol. The van der Waals surface area contributed by atoms with E-state index in [0.29, 0.717) is 12.5 Å². The van der Waals surface area contributed by atoms with Crippen LogP contribution in [0.3, 0.4) is 0 Å². The van der Waals surface area contributed by atoms with Crippen molar-refractivity contribution >= 4 is 0 Å². The fourth-order valence-corrected chi connectivity index (χ4v) is 2.92. The van der Waals surface area contributed by atoms with Gasteiger partial charge in [-0.2, -0.15) is 0 Å². The molecule has 2 aliphatic rings. The van der Waals surface area contributed by atoms with Crippen molar-refractivity contribution in [2.45, 2.75) is 43.7 Å². The van der Waals surface area contributed by atoms with Gasteiger partial charge in [-0.15, -0.1) is 0 Å². The molecule has 1 aromatic carbocycles. The molecule has 3 nitrogen and oxygen atoms in total. The smallest absolute Gasteiger partial charge is 0.181 e. The highest BCUT2D eigenvalue weighted by Crippen LogP contribution is 2.43. The van der Waals surface area contributed by atoms with Crippen LogP contribution >= 0.6 is 0 Å². The first-order valence-corrected chi connectivity index (χ1v) is 6.32. The summed E-state index contributed by atoms with van der Waals surface area (Å²) in [6.07, 6.45) is 3.16. The molecule has 1 aliphatic carbocycles. The second kappa shape index (κ2) is 4.41. The molecule has 1 atom stereocenters. The lowest BCUT2D eigenvalue weighted by Gasteiger charge is -2.35.